The highest BCUT2D eigenvalue weighted by atomic mass is 32.2. The number of anilines is 4. The van der Waals surface area contributed by atoms with Gasteiger partial charge in [-0.2, -0.15) is 15.2 Å². The Hall–Kier alpha value is -3.87. The van der Waals surface area contributed by atoms with Crippen LogP contribution in [-0.2, 0) is 9.84 Å². The van der Waals surface area contributed by atoms with Crippen molar-refractivity contribution in [3.8, 4) is 11.4 Å². The Labute approximate surface area is 199 Å². The van der Waals surface area contributed by atoms with Crippen LogP contribution in [0, 0.1) is 18.6 Å². The van der Waals surface area contributed by atoms with E-state index in [1.807, 2.05) is 6.92 Å². The molecule has 0 atom stereocenters. The second-order valence-corrected chi connectivity index (χ2v) is 10.5. The Morgan fingerprint density at radius 2 is 1.83 bits per heavy atom. The smallest absolute Gasteiger partial charge is 0.232 e. The summed E-state index contributed by atoms with van der Waals surface area (Å²) in [6.45, 7) is 1.86. The molecule has 0 spiro atoms. The molecule has 1 saturated carbocycles. The first kappa shape index (κ1) is 22.9. The highest BCUT2D eigenvalue weighted by molar-refractivity contribution is 7.90. The molecule has 0 amide bonds. The van der Waals surface area contributed by atoms with E-state index < -0.39 is 32.1 Å². The average molecular weight is 501 g/mol. The minimum atomic E-state index is -3.80. The van der Waals surface area contributed by atoms with Gasteiger partial charge in [0.1, 0.15) is 11.5 Å². The maximum Gasteiger partial charge on any atom is 0.232 e. The zero-order chi connectivity index (χ0) is 24.9. The molecule has 0 saturated heterocycles. The van der Waals surface area contributed by atoms with Crippen molar-refractivity contribution < 1.29 is 17.2 Å². The van der Waals surface area contributed by atoms with E-state index >= 15 is 0 Å². The maximum atomic E-state index is 15.0. The lowest BCUT2D eigenvalue weighted by Crippen LogP contribution is -2.19. The topological polar surface area (TPSA) is 133 Å². The van der Waals surface area contributed by atoms with Crippen LogP contribution in [0.3, 0.4) is 0 Å². The van der Waals surface area contributed by atoms with E-state index in [0.717, 1.165) is 47.4 Å². The van der Waals surface area contributed by atoms with Gasteiger partial charge in [0.25, 0.3) is 0 Å². The number of aryl methyl sites for hydroxylation is 1. The van der Waals surface area contributed by atoms with Crippen molar-refractivity contribution in [2.24, 2.45) is 0 Å². The van der Waals surface area contributed by atoms with Gasteiger partial charge < -0.3 is 10.2 Å². The molecule has 3 aromatic heterocycles. The summed E-state index contributed by atoms with van der Waals surface area (Å²) in [6.07, 6.45) is 4.37. The molecule has 4 aromatic rings. The Kier molecular flexibility index (Phi) is 5.50. The number of aromatic nitrogens is 6. The molecule has 13 heteroatoms. The van der Waals surface area contributed by atoms with E-state index in [-0.39, 0.29) is 11.9 Å². The Balaban J connectivity index is 1.67. The molecule has 10 nitrogen and oxygen atoms in total. The average Bonchev–Trinajstić information content (AvgIpc) is 3.30. The number of H-pyrrole nitrogens is 2. The molecular weight excluding hydrogens is 478 g/mol. The summed E-state index contributed by atoms with van der Waals surface area (Å²) in [5.74, 6) is -0.917. The first-order chi connectivity index (χ1) is 16.6. The van der Waals surface area contributed by atoms with Crippen molar-refractivity contribution in [1.29, 1.82) is 0 Å². The van der Waals surface area contributed by atoms with Crippen molar-refractivity contribution in [3.05, 3.63) is 53.4 Å². The minimum absolute atomic E-state index is 0.00124. The Bertz CT molecular complexity index is 1490. The van der Waals surface area contributed by atoms with Crippen molar-refractivity contribution in [2.45, 2.75) is 30.6 Å². The molecule has 3 heterocycles. The number of hydrogen-bond donors (Lipinski definition) is 3. The zero-order valence-electron chi connectivity index (χ0n) is 19.1. The van der Waals surface area contributed by atoms with Gasteiger partial charge in [-0.15, -0.1) is 0 Å². The van der Waals surface area contributed by atoms with Gasteiger partial charge in [0.2, 0.25) is 5.95 Å². The van der Waals surface area contributed by atoms with Gasteiger partial charge in [0, 0.05) is 36.8 Å². The predicted molar refractivity (Wildman–Crippen MR) is 126 cm³/mol. The number of nitrogens with one attached hydrogen (secondary N) is 3. The first-order valence-electron chi connectivity index (χ1n) is 10.8. The molecule has 5 rings (SSSR count). The van der Waals surface area contributed by atoms with E-state index in [4.69, 9.17) is 0 Å². The van der Waals surface area contributed by atoms with Crippen LogP contribution in [0.4, 0.5) is 32.1 Å². The van der Waals surface area contributed by atoms with Crippen LogP contribution in [0.15, 0.2) is 35.4 Å². The number of rotatable bonds is 7. The fourth-order valence-electron chi connectivity index (χ4n) is 3.83. The van der Waals surface area contributed by atoms with Crippen LogP contribution in [0.2, 0.25) is 0 Å². The highest BCUT2D eigenvalue weighted by Crippen LogP contribution is 2.48. The summed E-state index contributed by atoms with van der Waals surface area (Å²) < 4.78 is 53.5. The van der Waals surface area contributed by atoms with Crippen molar-refractivity contribution >= 4 is 33.1 Å². The van der Waals surface area contributed by atoms with Gasteiger partial charge in [0.05, 0.1) is 16.3 Å². The predicted octanol–water partition coefficient (Wildman–Crippen LogP) is 3.97. The lowest BCUT2D eigenvalue weighted by Gasteiger charge is -2.22. The standard InChI is InChI=1S/C22H22F2N8O2S/c1-11-8-17(31-29-11)26-21-18(12-4-5-12)19(16-6-7-25-30-16)27-22(28-21)32(2)20-14(23)9-13(10-15(20)24)35(3,33)34/h6-10,12H,4-5H2,1-3H3,(H,25,30)(H2,26,27,28,29,31). The SMILES string of the molecule is Cc1cc(Nc2nc(N(C)c3c(F)cc(S(C)(=O)=O)cc3F)nc(-c3ccn[nH]3)c2C2CC2)n[nH]1. The largest absolute Gasteiger partial charge is 0.323 e. The van der Waals surface area contributed by atoms with E-state index in [1.165, 1.54) is 7.05 Å². The molecule has 0 unspecified atom stereocenters. The van der Waals surface area contributed by atoms with Crippen molar-refractivity contribution in [3.63, 3.8) is 0 Å². The summed E-state index contributed by atoms with van der Waals surface area (Å²) in [4.78, 5) is 9.93. The number of halogens is 2. The van der Waals surface area contributed by atoms with Crippen LogP contribution < -0.4 is 10.2 Å². The molecule has 1 fully saturated rings. The van der Waals surface area contributed by atoms with Gasteiger partial charge in [-0.05, 0) is 43.9 Å². The number of hydrogen-bond acceptors (Lipinski definition) is 8. The van der Waals surface area contributed by atoms with E-state index in [1.54, 1.807) is 18.3 Å². The van der Waals surface area contributed by atoms with Gasteiger partial charge in [-0.3, -0.25) is 10.2 Å². The third-order valence-corrected chi connectivity index (χ3v) is 6.77. The molecule has 0 bridgehead atoms. The quantitative estimate of drug-likeness (QED) is 0.347. The molecular formula is C22H22F2N8O2S. The van der Waals surface area contributed by atoms with E-state index in [9.17, 15) is 17.2 Å². The summed E-state index contributed by atoms with van der Waals surface area (Å²) in [5, 5.41) is 17.2. The third-order valence-electron chi connectivity index (χ3n) is 5.68. The fourth-order valence-corrected chi connectivity index (χ4v) is 4.47. The van der Waals surface area contributed by atoms with Gasteiger partial charge in [-0.1, -0.05) is 0 Å². The molecule has 0 radical (unpaired) electrons. The number of aromatic amines is 2. The van der Waals surface area contributed by atoms with Crippen LogP contribution in [-0.4, -0.2) is 52.1 Å². The lowest BCUT2D eigenvalue weighted by molar-refractivity contribution is 0.569. The van der Waals surface area contributed by atoms with Gasteiger partial charge in [0.15, 0.2) is 27.3 Å². The van der Waals surface area contributed by atoms with Crippen molar-refractivity contribution in [2.75, 3.05) is 23.5 Å². The van der Waals surface area contributed by atoms with Crippen LogP contribution in [0.25, 0.3) is 11.4 Å². The second kappa shape index (κ2) is 8.41. The molecule has 35 heavy (non-hydrogen) atoms. The second-order valence-electron chi connectivity index (χ2n) is 8.51. The summed E-state index contributed by atoms with van der Waals surface area (Å²) >= 11 is 0. The van der Waals surface area contributed by atoms with Gasteiger partial charge >= 0.3 is 0 Å². The zero-order valence-corrected chi connectivity index (χ0v) is 19.9. The molecule has 182 valence electrons. The monoisotopic (exact) mass is 500 g/mol. The number of sulfone groups is 1. The lowest BCUT2D eigenvalue weighted by atomic mass is 10.1. The van der Waals surface area contributed by atoms with Crippen LogP contribution in [0.5, 0.6) is 0 Å². The molecule has 1 aromatic carbocycles. The molecule has 0 aliphatic heterocycles. The summed E-state index contributed by atoms with van der Waals surface area (Å²) in [7, 11) is -2.39. The minimum Gasteiger partial charge on any atom is -0.323 e. The summed E-state index contributed by atoms with van der Waals surface area (Å²) in [6, 6.07) is 5.12. The molecule has 1 aliphatic carbocycles. The van der Waals surface area contributed by atoms with Gasteiger partial charge in [-0.25, -0.2) is 22.2 Å². The van der Waals surface area contributed by atoms with E-state index in [0.29, 0.717) is 23.0 Å². The van der Waals surface area contributed by atoms with E-state index in [2.05, 4.69) is 35.7 Å². The fraction of sp³-hybridized carbons (Fsp3) is 0.273. The number of nitrogens with zero attached hydrogens (tertiary/aromatic N) is 5. The van der Waals surface area contributed by atoms with Crippen LogP contribution >= 0.6 is 0 Å². The Morgan fingerprint density at radius 1 is 1.11 bits per heavy atom. The summed E-state index contributed by atoms with van der Waals surface area (Å²) in [5.41, 5.74) is 2.38. The highest BCUT2D eigenvalue weighted by Gasteiger charge is 2.33. The maximum absolute atomic E-state index is 15.0. The molecule has 1 aliphatic rings. The number of benzene rings is 1. The van der Waals surface area contributed by atoms with Crippen LogP contribution in [0.1, 0.15) is 30.0 Å². The molecule has 3 N–H and O–H groups in total. The normalized spacial score (nSPS) is 13.7. The Morgan fingerprint density at radius 3 is 2.37 bits per heavy atom. The third kappa shape index (κ3) is 4.46. The first-order valence-corrected chi connectivity index (χ1v) is 12.6. The van der Waals surface area contributed by atoms with Crippen molar-refractivity contribution in [1.82, 2.24) is 30.4 Å².